The molecule has 0 aromatic heterocycles. The van der Waals surface area contributed by atoms with Gasteiger partial charge >= 0.3 is 5.97 Å². The molecule has 3 aromatic rings. The number of carbonyl (C=O) groups is 1. The lowest BCUT2D eigenvalue weighted by Gasteiger charge is -2.28. The number of hydrogen-bond acceptors (Lipinski definition) is 3. The Morgan fingerprint density at radius 1 is 1.07 bits per heavy atom. The molecule has 0 spiro atoms. The van der Waals surface area contributed by atoms with Gasteiger partial charge in [0.1, 0.15) is 11.5 Å². The van der Waals surface area contributed by atoms with Crippen LogP contribution in [0.4, 0.5) is 0 Å². The molecule has 28 heavy (non-hydrogen) atoms. The molecule has 1 aliphatic rings. The number of aliphatic carboxylic acids is 1. The lowest BCUT2D eigenvalue weighted by molar-refractivity contribution is -0.139. The van der Waals surface area contributed by atoms with E-state index in [1.807, 2.05) is 48.5 Å². The normalized spacial score (nSPS) is 18.4. The second kappa shape index (κ2) is 7.49. The van der Waals surface area contributed by atoms with Crippen molar-refractivity contribution < 1.29 is 14.6 Å². The van der Waals surface area contributed by atoms with Crippen molar-refractivity contribution in [2.75, 3.05) is 0 Å². The fourth-order valence-corrected chi connectivity index (χ4v) is 3.92. The van der Waals surface area contributed by atoms with Gasteiger partial charge in [-0.3, -0.25) is 4.79 Å². The molecule has 0 amide bonds. The van der Waals surface area contributed by atoms with Crippen LogP contribution in [0.15, 0.2) is 66.7 Å². The summed E-state index contributed by atoms with van der Waals surface area (Å²) in [5.74, 6) is -0.218. The summed E-state index contributed by atoms with van der Waals surface area (Å²) in [7, 11) is 0. The van der Waals surface area contributed by atoms with E-state index in [2.05, 4.69) is 25.1 Å². The number of fused-ring (bicyclic) bond motifs is 1. The molecule has 0 aliphatic heterocycles. The second-order valence-corrected chi connectivity index (χ2v) is 7.35. The fraction of sp³-hybridized carbons (Fsp3) is 0.208. The van der Waals surface area contributed by atoms with E-state index in [1.165, 1.54) is 5.56 Å². The summed E-state index contributed by atoms with van der Waals surface area (Å²) in [5.41, 5.74) is 11.1. The van der Waals surface area contributed by atoms with Crippen LogP contribution in [0.5, 0.6) is 11.5 Å². The Bertz CT molecular complexity index is 1030. The Morgan fingerprint density at radius 3 is 2.68 bits per heavy atom. The molecule has 2 atom stereocenters. The van der Waals surface area contributed by atoms with Crippen molar-refractivity contribution in [3.05, 3.63) is 83.4 Å². The summed E-state index contributed by atoms with van der Waals surface area (Å²) >= 11 is 0. The first-order chi connectivity index (χ1) is 13.5. The van der Waals surface area contributed by atoms with Gasteiger partial charge in [0.2, 0.25) is 0 Å². The van der Waals surface area contributed by atoms with Crippen LogP contribution in [0, 0.1) is 6.92 Å². The average Bonchev–Trinajstić information content (AvgIpc) is 2.68. The van der Waals surface area contributed by atoms with Crippen LogP contribution in [-0.4, -0.2) is 17.1 Å². The van der Waals surface area contributed by atoms with E-state index in [1.54, 1.807) is 0 Å². The first kappa shape index (κ1) is 18.3. The summed E-state index contributed by atoms with van der Waals surface area (Å²) in [4.78, 5) is 11.7. The van der Waals surface area contributed by atoms with E-state index in [9.17, 15) is 9.90 Å². The molecule has 4 nitrogen and oxygen atoms in total. The molecule has 142 valence electrons. The summed E-state index contributed by atoms with van der Waals surface area (Å²) in [6.45, 7) is 2.06. The molecule has 3 N–H and O–H groups in total. The Labute approximate surface area is 164 Å². The van der Waals surface area contributed by atoms with Gasteiger partial charge in [-0.05, 0) is 54.7 Å². The van der Waals surface area contributed by atoms with Gasteiger partial charge in [0.25, 0.3) is 0 Å². The minimum atomic E-state index is -0.884. The van der Waals surface area contributed by atoms with Crippen molar-refractivity contribution in [2.45, 2.75) is 31.7 Å². The van der Waals surface area contributed by atoms with Crippen molar-refractivity contribution in [1.82, 2.24) is 0 Å². The van der Waals surface area contributed by atoms with E-state index in [0.29, 0.717) is 12.2 Å². The van der Waals surface area contributed by atoms with Crippen molar-refractivity contribution in [2.24, 2.45) is 5.73 Å². The Morgan fingerprint density at radius 2 is 1.89 bits per heavy atom. The number of carboxylic acid groups (broad SMARTS) is 1. The molecular formula is C24H23NO3. The van der Waals surface area contributed by atoms with Crippen molar-refractivity contribution in [3.63, 3.8) is 0 Å². The van der Waals surface area contributed by atoms with Crippen LogP contribution >= 0.6 is 0 Å². The molecule has 3 aromatic carbocycles. The van der Waals surface area contributed by atoms with E-state index in [4.69, 9.17) is 10.5 Å². The average molecular weight is 373 g/mol. The molecule has 1 aliphatic carbocycles. The number of para-hydroxylation sites is 1. The standard InChI is InChI=1S/C24H23NO3/c1-15-5-4-6-17(13-15)19-7-2-3-8-22(19)28-18-11-9-16-10-12-21(25)23(24(26)27)20(16)14-18/h2-9,11,13-14,21,23H,10,12,25H2,1H3,(H,26,27). The highest BCUT2D eigenvalue weighted by molar-refractivity contribution is 5.78. The van der Waals surface area contributed by atoms with Gasteiger partial charge in [0, 0.05) is 11.6 Å². The largest absolute Gasteiger partial charge is 0.481 e. The van der Waals surface area contributed by atoms with Gasteiger partial charge in [-0.1, -0.05) is 54.1 Å². The second-order valence-electron chi connectivity index (χ2n) is 7.35. The molecule has 0 bridgehead atoms. The maximum absolute atomic E-state index is 11.7. The molecule has 0 fully saturated rings. The maximum atomic E-state index is 11.7. The first-order valence-electron chi connectivity index (χ1n) is 9.48. The molecule has 0 heterocycles. The molecule has 4 heteroatoms. The number of benzene rings is 3. The molecule has 0 radical (unpaired) electrons. The monoisotopic (exact) mass is 373 g/mol. The van der Waals surface area contributed by atoms with E-state index in [0.717, 1.165) is 34.4 Å². The highest BCUT2D eigenvalue weighted by atomic mass is 16.5. The van der Waals surface area contributed by atoms with Gasteiger partial charge in [-0.2, -0.15) is 0 Å². The van der Waals surface area contributed by atoms with Crippen LogP contribution in [0.25, 0.3) is 11.1 Å². The third-order valence-electron chi connectivity index (χ3n) is 5.34. The van der Waals surface area contributed by atoms with Crippen LogP contribution in [0.1, 0.15) is 29.0 Å². The minimum Gasteiger partial charge on any atom is -0.481 e. The van der Waals surface area contributed by atoms with Crippen molar-refractivity contribution in [3.8, 4) is 22.6 Å². The third-order valence-corrected chi connectivity index (χ3v) is 5.34. The molecule has 2 unspecified atom stereocenters. The molecular weight excluding hydrogens is 350 g/mol. The van der Waals surface area contributed by atoms with Gasteiger partial charge in [0.15, 0.2) is 0 Å². The summed E-state index contributed by atoms with van der Waals surface area (Å²) in [6.07, 6.45) is 1.47. The number of ether oxygens (including phenoxy) is 1. The number of rotatable bonds is 4. The van der Waals surface area contributed by atoms with Gasteiger partial charge in [-0.25, -0.2) is 0 Å². The quantitative estimate of drug-likeness (QED) is 0.682. The van der Waals surface area contributed by atoms with Crippen LogP contribution in [-0.2, 0) is 11.2 Å². The highest BCUT2D eigenvalue weighted by Gasteiger charge is 2.33. The fourth-order valence-electron chi connectivity index (χ4n) is 3.92. The molecule has 4 rings (SSSR count). The Balaban J connectivity index is 1.71. The van der Waals surface area contributed by atoms with Crippen molar-refractivity contribution in [1.29, 1.82) is 0 Å². The molecule has 0 saturated carbocycles. The van der Waals surface area contributed by atoms with E-state index < -0.39 is 11.9 Å². The zero-order chi connectivity index (χ0) is 19.7. The number of hydrogen-bond donors (Lipinski definition) is 2. The van der Waals surface area contributed by atoms with Crippen LogP contribution in [0.3, 0.4) is 0 Å². The lowest BCUT2D eigenvalue weighted by Crippen LogP contribution is -2.37. The predicted molar refractivity (Wildman–Crippen MR) is 110 cm³/mol. The molecule has 0 saturated heterocycles. The van der Waals surface area contributed by atoms with E-state index >= 15 is 0 Å². The number of nitrogens with two attached hydrogens (primary N) is 1. The summed E-state index contributed by atoms with van der Waals surface area (Å²) in [6, 6.07) is 21.5. The predicted octanol–water partition coefficient (Wildman–Crippen LogP) is 4.90. The minimum absolute atomic E-state index is 0.375. The summed E-state index contributed by atoms with van der Waals surface area (Å²) < 4.78 is 6.20. The van der Waals surface area contributed by atoms with Crippen LogP contribution in [0.2, 0.25) is 0 Å². The highest BCUT2D eigenvalue weighted by Crippen LogP contribution is 2.37. The van der Waals surface area contributed by atoms with Crippen molar-refractivity contribution >= 4 is 5.97 Å². The smallest absolute Gasteiger partial charge is 0.312 e. The lowest BCUT2D eigenvalue weighted by atomic mass is 9.79. The topological polar surface area (TPSA) is 72.5 Å². The third kappa shape index (κ3) is 3.51. The first-order valence-corrected chi connectivity index (χ1v) is 9.48. The Kier molecular flexibility index (Phi) is 4.88. The zero-order valence-electron chi connectivity index (χ0n) is 15.8. The SMILES string of the molecule is Cc1cccc(-c2ccccc2Oc2ccc3c(c2)C(C(=O)O)C(N)CC3)c1. The number of carboxylic acids is 1. The van der Waals surface area contributed by atoms with Gasteiger partial charge in [-0.15, -0.1) is 0 Å². The number of aryl methyl sites for hydroxylation is 2. The Hall–Kier alpha value is -3.11. The zero-order valence-corrected chi connectivity index (χ0v) is 15.8. The van der Waals surface area contributed by atoms with E-state index in [-0.39, 0.29) is 6.04 Å². The van der Waals surface area contributed by atoms with Crippen LogP contribution < -0.4 is 10.5 Å². The summed E-state index contributed by atoms with van der Waals surface area (Å²) in [5, 5.41) is 9.63. The van der Waals surface area contributed by atoms with Gasteiger partial charge < -0.3 is 15.6 Å². The maximum Gasteiger partial charge on any atom is 0.312 e. The van der Waals surface area contributed by atoms with Gasteiger partial charge in [0.05, 0.1) is 5.92 Å².